The molecule has 1 saturated heterocycles. The maximum atomic E-state index is 14.2. The molecule has 2 aromatic rings. The number of alkyl halides is 2. The van der Waals surface area contributed by atoms with Crippen LogP contribution in [0.4, 0.5) is 28.0 Å². The number of anilines is 1. The standard InChI is InChI=1S/C24H26F4N4O4/c1-35-22-19(13-8-14(25)10-15(26)9-13)20(32-7-4-17(12-32)36-23(29)34)18(11-30-22)21(33)31-16-2-5-24(27,28)6-3-16/h8-11,16-17H,2-7,12H2,1H3,(H2,29,34)(H,31,33). The Labute approximate surface area is 204 Å². The fourth-order valence-electron chi connectivity index (χ4n) is 4.73. The van der Waals surface area contributed by atoms with Gasteiger partial charge in [-0.3, -0.25) is 4.79 Å². The quantitative estimate of drug-likeness (QED) is 0.569. The van der Waals surface area contributed by atoms with Crippen LogP contribution in [-0.2, 0) is 4.74 Å². The number of ether oxygens (including phenoxy) is 2. The summed E-state index contributed by atoms with van der Waals surface area (Å²) in [6.45, 7) is 0.475. The van der Waals surface area contributed by atoms with Crippen molar-refractivity contribution in [3.05, 3.63) is 41.6 Å². The van der Waals surface area contributed by atoms with Crippen LogP contribution < -0.4 is 20.7 Å². The molecule has 2 amide bonds. The van der Waals surface area contributed by atoms with Gasteiger partial charge in [0, 0.05) is 44.1 Å². The van der Waals surface area contributed by atoms with E-state index in [1.165, 1.54) is 13.3 Å². The molecular formula is C24H26F4N4O4. The highest BCUT2D eigenvalue weighted by Gasteiger charge is 2.37. The maximum Gasteiger partial charge on any atom is 0.404 e. The highest BCUT2D eigenvalue weighted by Crippen LogP contribution is 2.42. The van der Waals surface area contributed by atoms with Crippen molar-refractivity contribution in [2.45, 2.75) is 50.2 Å². The van der Waals surface area contributed by atoms with Crippen molar-refractivity contribution in [2.24, 2.45) is 5.73 Å². The SMILES string of the molecule is COc1ncc(C(=O)NC2CCC(F)(F)CC2)c(N2CCC(OC(N)=O)C2)c1-c1cc(F)cc(F)c1. The first-order chi connectivity index (χ1) is 17.1. The van der Waals surface area contributed by atoms with E-state index >= 15 is 0 Å². The summed E-state index contributed by atoms with van der Waals surface area (Å²) in [6, 6.07) is 2.42. The average molecular weight is 510 g/mol. The van der Waals surface area contributed by atoms with Crippen molar-refractivity contribution in [1.82, 2.24) is 10.3 Å². The van der Waals surface area contributed by atoms with E-state index in [1.807, 2.05) is 0 Å². The minimum Gasteiger partial charge on any atom is -0.480 e. The topological polar surface area (TPSA) is 107 Å². The summed E-state index contributed by atoms with van der Waals surface area (Å²) >= 11 is 0. The van der Waals surface area contributed by atoms with E-state index in [0.717, 1.165) is 12.1 Å². The van der Waals surface area contributed by atoms with Gasteiger partial charge in [-0.2, -0.15) is 0 Å². The van der Waals surface area contributed by atoms with E-state index in [9.17, 15) is 27.2 Å². The molecule has 12 heteroatoms. The van der Waals surface area contributed by atoms with E-state index in [2.05, 4.69) is 10.3 Å². The lowest BCUT2D eigenvalue weighted by atomic mass is 9.92. The van der Waals surface area contributed by atoms with Gasteiger partial charge >= 0.3 is 6.09 Å². The number of aromatic nitrogens is 1. The third-order valence-corrected chi connectivity index (χ3v) is 6.40. The van der Waals surface area contributed by atoms with Crippen molar-refractivity contribution in [3.8, 4) is 17.0 Å². The van der Waals surface area contributed by atoms with Crippen molar-refractivity contribution in [1.29, 1.82) is 0 Å². The number of pyridine rings is 1. The van der Waals surface area contributed by atoms with Crippen molar-refractivity contribution in [3.63, 3.8) is 0 Å². The molecule has 4 rings (SSSR count). The molecule has 1 aliphatic carbocycles. The van der Waals surface area contributed by atoms with Crippen LogP contribution in [0.5, 0.6) is 5.88 Å². The second kappa shape index (κ2) is 10.2. The summed E-state index contributed by atoms with van der Waals surface area (Å²) in [6.07, 6.45) is -0.319. The van der Waals surface area contributed by atoms with Crippen LogP contribution in [0, 0.1) is 11.6 Å². The summed E-state index contributed by atoms with van der Waals surface area (Å²) in [5, 5.41) is 2.79. The fraction of sp³-hybridized carbons (Fsp3) is 0.458. The molecule has 2 aliphatic rings. The molecule has 1 aliphatic heterocycles. The highest BCUT2D eigenvalue weighted by atomic mass is 19.3. The van der Waals surface area contributed by atoms with E-state index in [4.69, 9.17) is 15.2 Å². The van der Waals surface area contributed by atoms with Crippen molar-refractivity contribution >= 4 is 17.7 Å². The minimum atomic E-state index is -2.76. The Morgan fingerprint density at radius 2 is 1.81 bits per heavy atom. The average Bonchev–Trinajstić information content (AvgIpc) is 3.26. The Balaban J connectivity index is 1.77. The number of benzene rings is 1. The number of carbonyl (C=O) groups excluding carboxylic acids is 2. The Hall–Kier alpha value is -3.57. The first kappa shape index (κ1) is 25.5. The summed E-state index contributed by atoms with van der Waals surface area (Å²) in [5.74, 6) is -5.00. The second-order valence-corrected chi connectivity index (χ2v) is 8.96. The van der Waals surface area contributed by atoms with Crippen LogP contribution in [0.1, 0.15) is 42.5 Å². The highest BCUT2D eigenvalue weighted by molar-refractivity contribution is 6.04. The third kappa shape index (κ3) is 5.63. The third-order valence-electron chi connectivity index (χ3n) is 6.40. The van der Waals surface area contributed by atoms with Crippen LogP contribution >= 0.6 is 0 Å². The first-order valence-electron chi connectivity index (χ1n) is 11.5. The van der Waals surface area contributed by atoms with Crippen LogP contribution in [0.15, 0.2) is 24.4 Å². The summed E-state index contributed by atoms with van der Waals surface area (Å²) in [4.78, 5) is 30.5. The van der Waals surface area contributed by atoms with E-state index in [0.29, 0.717) is 19.0 Å². The Kier molecular flexibility index (Phi) is 7.23. The molecule has 2 heterocycles. The van der Waals surface area contributed by atoms with Gasteiger partial charge in [-0.15, -0.1) is 0 Å². The first-order valence-corrected chi connectivity index (χ1v) is 11.5. The molecule has 0 radical (unpaired) electrons. The van der Waals surface area contributed by atoms with Gasteiger partial charge in [0.2, 0.25) is 11.8 Å². The molecular weight excluding hydrogens is 484 g/mol. The zero-order valence-electron chi connectivity index (χ0n) is 19.5. The number of hydrogen-bond donors (Lipinski definition) is 2. The molecule has 3 N–H and O–H groups in total. The zero-order valence-corrected chi connectivity index (χ0v) is 19.5. The smallest absolute Gasteiger partial charge is 0.404 e. The maximum absolute atomic E-state index is 14.2. The summed E-state index contributed by atoms with van der Waals surface area (Å²) in [5.41, 5.74) is 5.72. The van der Waals surface area contributed by atoms with Gasteiger partial charge in [0.25, 0.3) is 5.91 Å². The van der Waals surface area contributed by atoms with Crippen molar-refractivity contribution < 1.29 is 36.6 Å². The van der Waals surface area contributed by atoms with Crippen LogP contribution in [0.2, 0.25) is 0 Å². The predicted molar refractivity (Wildman–Crippen MR) is 122 cm³/mol. The van der Waals surface area contributed by atoms with Gasteiger partial charge in [-0.05, 0) is 30.5 Å². The molecule has 8 nitrogen and oxygen atoms in total. The molecule has 194 valence electrons. The largest absolute Gasteiger partial charge is 0.480 e. The van der Waals surface area contributed by atoms with Crippen LogP contribution in [0.3, 0.4) is 0 Å². The number of hydrogen-bond acceptors (Lipinski definition) is 6. The number of nitrogens with two attached hydrogens (primary N) is 1. The molecule has 1 unspecified atom stereocenters. The predicted octanol–water partition coefficient (Wildman–Crippen LogP) is 4.02. The number of methoxy groups -OCH3 is 1. The number of halogens is 4. The van der Waals surface area contributed by atoms with Gasteiger partial charge in [0.05, 0.1) is 30.5 Å². The number of nitrogens with zero attached hydrogens (tertiary/aromatic N) is 2. The van der Waals surface area contributed by atoms with Crippen molar-refractivity contribution in [2.75, 3.05) is 25.1 Å². The normalized spacial score (nSPS) is 19.7. The Morgan fingerprint density at radius 3 is 2.42 bits per heavy atom. The molecule has 1 saturated carbocycles. The molecule has 1 aromatic heterocycles. The molecule has 0 bridgehead atoms. The number of rotatable bonds is 6. The Morgan fingerprint density at radius 1 is 1.14 bits per heavy atom. The van der Waals surface area contributed by atoms with Gasteiger partial charge in [-0.25, -0.2) is 27.3 Å². The van der Waals surface area contributed by atoms with E-state index in [1.54, 1.807) is 4.90 Å². The lowest BCUT2D eigenvalue weighted by Gasteiger charge is -2.30. The number of primary amides is 1. The van der Waals surface area contributed by atoms with Gasteiger partial charge < -0.3 is 25.4 Å². The van der Waals surface area contributed by atoms with Gasteiger partial charge in [0.15, 0.2) is 0 Å². The molecule has 36 heavy (non-hydrogen) atoms. The molecule has 1 aromatic carbocycles. The molecule has 2 fully saturated rings. The number of amides is 2. The summed E-state index contributed by atoms with van der Waals surface area (Å²) < 4.78 is 66.0. The fourth-order valence-corrected chi connectivity index (χ4v) is 4.73. The van der Waals surface area contributed by atoms with Gasteiger partial charge in [-0.1, -0.05) is 0 Å². The summed E-state index contributed by atoms with van der Waals surface area (Å²) in [7, 11) is 1.33. The lowest BCUT2D eigenvalue weighted by Crippen LogP contribution is -2.41. The monoisotopic (exact) mass is 510 g/mol. The number of carbonyl (C=O) groups is 2. The van der Waals surface area contributed by atoms with E-state index < -0.39 is 41.7 Å². The lowest BCUT2D eigenvalue weighted by molar-refractivity contribution is -0.0399. The molecule has 1 atom stereocenters. The zero-order chi connectivity index (χ0) is 26.0. The van der Waals surface area contributed by atoms with Gasteiger partial charge in [0.1, 0.15) is 17.7 Å². The van der Waals surface area contributed by atoms with E-state index in [-0.39, 0.29) is 60.5 Å². The van der Waals surface area contributed by atoms with Crippen LogP contribution in [-0.4, -0.2) is 55.3 Å². The molecule has 0 spiro atoms. The second-order valence-electron chi connectivity index (χ2n) is 8.96. The minimum absolute atomic E-state index is 0.0168. The van der Waals surface area contributed by atoms with Crippen LogP contribution in [0.25, 0.3) is 11.1 Å². The number of nitrogens with one attached hydrogen (secondary N) is 1. The Bertz CT molecular complexity index is 1130.